The average Bonchev–Trinajstić information content (AvgIpc) is 1.79. The molecule has 0 saturated carbocycles. The van der Waals surface area contributed by atoms with Gasteiger partial charge in [0.1, 0.15) is 0 Å². The summed E-state index contributed by atoms with van der Waals surface area (Å²) in [6, 6.07) is 0. The van der Waals surface area contributed by atoms with Crippen molar-refractivity contribution >= 4 is 0 Å². The summed E-state index contributed by atoms with van der Waals surface area (Å²) in [7, 11) is 0. The van der Waals surface area contributed by atoms with Crippen LogP contribution in [0, 0.1) is 0 Å². The first-order chi connectivity index (χ1) is 4.39. The van der Waals surface area contributed by atoms with Gasteiger partial charge in [-0.15, -0.1) is 0 Å². The highest BCUT2D eigenvalue weighted by Crippen LogP contribution is 1.96. The Morgan fingerprint density at radius 3 is 2.11 bits per heavy atom. The fourth-order valence-corrected chi connectivity index (χ4v) is 0.696. The van der Waals surface area contributed by atoms with Gasteiger partial charge in [0.2, 0.25) is 0 Å². The maximum Gasteiger partial charge on any atom is 0.155 e. The van der Waals surface area contributed by atoms with Crippen molar-refractivity contribution in [2.45, 2.75) is 13.2 Å². The summed E-state index contributed by atoms with van der Waals surface area (Å²) in [5.41, 5.74) is 0. The van der Waals surface area contributed by atoms with Crippen LogP contribution in [-0.2, 0) is 14.2 Å². The molecule has 0 radical (unpaired) electrons. The summed E-state index contributed by atoms with van der Waals surface area (Å²) >= 11 is 0. The van der Waals surface area contributed by atoms with E-state index in [4.69, 9.17) is 14.2 Å². The first-order valence-corrected chi connectivity index (χ1v) is 3.20. The van der Waals surface area contributed by atoms with Crippen molar-refractivity contribution in [1.29, 1.82) is 0 Å². The lowest BCUT2D eigenvalue weighted by Crippen LogP contribution is -2.22. The third-order valence-corrected chi connectivity index (χ3v) is 1.16. The molecule has 0 aromatic rings. The Balaban J connectivity index is 2.12. The Hall–Kier alpha value is -0.120. The van der Waals surface area contributed by atoms with Gasteiger partial charge in [-0.05, 0) is 6.92 Å². The fraction of sp³-hybridized carbons (Fsp3) is 1.00. The van der Waals surface area contributed by atoms with Gasteiger partial charge in [-0.1, -0.05) is 0 Å². The van der Waals surface area contributed by atoms with Crippen molar-refractivity contribution in [2.75, 3.05) is 26.4 Å². The number of ether oxygens (including phenoxy) is 3. The predicted octanol–water partition coefficient (Wildman–Crippen LogP) is 0.396. The normalized spacial score (nSPS) is 25.0. The molecule has 1 aliphatic rings. The maximum absolute atomic E-state index is 5.14. The van der Waals surface area contributed by atoms with Gasteiger partial charge in [-0.2, -0.15) is 0 Å². The van der Waals surface area contributed by atoms with Crippen molar-refractivity contribution in [3.05, 3.63) is 0 Å². The van der Waals surface area contributed by atoms with Crippen molar-refractivity contribution < 1.29 is 14.2 Å². The molecule has 0 unspecified atom stereocenters. The minimum atomic E-state index is -0.0612. The summed E-state index contributed by atoms with van der Waals surface area (Å²) in [6.07, 6.45) is -0.0612. The molecule has 9 heavy (non-hydrogen) atoms. The van der Waals surface area contributed by atoms with E-state index in [-0.39, 0.29) is 6.29 Å². The number of hydrogen-bond donors (Lipinski definition) is 0. The molecule has 1 heterocycles. The number of rotatable bonds is 0. The van der Waals surface area contributed by atoms with E-state index < -0.39 is 0 Å². The Morgan fingerprint density at radius 1 is 1.00 bits per heavy atom. The smallest absolute Gasteiger partial charge is 0.155 e. The molecule has 0 spiro atoms. The summed E-state index contributed by atoms with van der Waals surface area (Å²) in [5.74, 6) is 0. The molecule has 0 aromatic heterocycles. The molecule has 0 aromatic carbocycles. The van der Waals surface area contributed by atoms with Crippen LogP contribution in [0.25, 0.3) is 0 Å². The van der Waals surface area contributed by atoms with Crippen molar-refractivity contribution in [2.24, 2.45) is 0 Å². The molecule has 1 aliphatic heterocycles. The molecule has 1 saturated heterocycles. The molecular weight excluding hydrogens is 120 g/mol. The highest BCUT2D eigenvalue weighted by Gasteiger charge is 2.03. The molecule has 3 heteroatoms. The van der Waals surface area contributed by atoms with Crippen LogP contribution in [0.4, 0.5) is 0 Å². The quantitative estimate of drug-likeness (QED) is 0.477. The SMILES string of the molecule is CC1OCCOCCO1. The second-order valence-electron chi connectivity index (χ2n) is 1.92. The van der Waals surface area contributed by atoms with Gasteiger partial charge in [-0.3, -0.25) is 0 Å². The van der Waals surface area contributed by atoms with Crippen molar-refractivity contribution in [3.63, 3.8) is 0 Å². The van der Waals surface area contributed by atoms with Gasteiger partial charge >= 0.3 is 0 Å². The second-order valence-corrected chi connectivity index (χ2v) is 1.92. The molecule has 54 valence electrons. The van der Waals surface area contributed by atoms with Crippen LogP contribution in [0.1, 0.15) is 6.92 Å². The largest absolute Gasteiger partial charge is 0.377 e. The van der Waals surface area contributed by atoms with E-state index in [9.17, 15) is 0 Å². The first-order valence-electron chi connectivity index (χ1n) is 3.20. The van der Waals surface area contributed by atoms with Crippen LogP contribution < -0.4 is 0 Å². The lowest BCUT2D eigenvalue weighted by atomic mass is 10.6. The van der Waals surface area contributed by atoms with Crippen molar-refractivity contribution in [1.82, 2.24) is 0 Å². The lowest BCUT2D eigenvalue weighted by molar-refractivity contribution is -0.167. The van der Waals surface area contributed by atoms with E-state index in [1.807, 2.05) is 6.92 Å². The standard InChI is InChI=1S/C6H12O3/c1-6-8-4-2-7-3-5-9-6/h6H,2-5H2,1H3. The Labute approximate surface area is 54.9 Å². The zero-order chi connectivity index (χ0) is 6.53. The topological polar surface area (TPSA) is 27.7 Å². The maximum atomic E-state index is 5.14. The van der Waals surface area contributed by atoms with Crippen LogP contribution in [0.3, 0.4) is 0 Å². The van der Waals surface area contributed by atoms with E-state index in [0.29, 0.717) is 26.4 Å². The molecule has 0 N–H and O–H groups in total. The first kappa shape index (κ1) is 6.99. The minimum Gasteiger partial charge on any atom is -0.377 e. The Morgan fingerprint density at radius 2 is 1.56 bits per heavy atom. The van der Waals surface area contributed by atoms with Gasteiger partial charge in [-0.25, -0.2) is 0 Å². The highest BCUT2D eigenvalue weighted by atomic mass is 16.7. The van der Waals surface area contributed by atoms with Gasteiger partial charge in [0, 0.05) is 0 Å². The van der Waals surface area contributed by atoms with Crippen molar-refractivity contribution in [3.8, 4) is 0 Å². The summed E-state index contributed by atoms with van der Waals surface area (Å²) in [4.78, 5) is 0. The third-order valence-electron chi connectivity index (χ3n) is 1.16. The summed E-state index contributed by atoms with van der Waals surface area (Å²) < 4.78 is 15.3. The van der Waals surface area contributed by atoms with E-state index >= 15 is 0 Å². The molecule has 0 amide bonds. The highest BCUT2D eigenvalue weighted by molar-refractivity contribution is 4.39. The Bertz CT molecular complexity index is 66.7. The van der Waals surface area contributed by atoms with Crippen LogP contribution in [0.2, 0.25) is 0 Å². The predicted molar refractivity (Wildman–Crippen MR) is 32.2 cm³/mol. The van der Waals surface area contributed by atoms with Gasteiger partial charge < -0.3 is 14.2 Å². The molecule has 1 fully saturated rings. The van der Waals surface area contributed by atoms with Crippen LogP contribution >= 0.6 is 0 Å². The number of hydrogen-bond acceptors (Lipinski definition) is 3. The van der Waals surface area contributed by atoms with Gasteiger partial charge in [0.15, 0.2) is 6.29 Å². The summed E-state index contributed by atoms with van der Waals surface area (Å²) in [5, 5.41) is 0. The van der Waals surface area contributed by atoms with Crippen LogP contribution in [-0.4, -0.2) is 32.7 Å². The average molecular weight is 132 g/mol. The van der Waals surface area contributed by atoms with E-state index in [1.54, 1.807) is 0 Å². The fourth-order valence-electron chi connectivity index (χ4n) is 0.696. The van der Waals surface area contributed by atoms with Gasteiger partial charge in [0.05, 0.1) is 26.4 Å². The third kappa shape index (κ3) is 2.79. The molecular formula is C6H12O3. The Kier molecular flexibility index (Phi) is 2.97. The van der Waals surface area contributed by atoms with E-state index in [0.717, 1.165) is 0 Å². The molecule has 3 nitrogen and oxygen atoms in total. The zero-order valence-electron chi connectivity index (χ0n) is 5.63. The molecule has 0 atom stereocenters. The monoisotopic (exact) mass is 132 g/mol. The van der Waals surface area contributed by atoms with Crippen LogP contribution in [0.15, 0.2) is 0 Å². The van der Waals surface area contributed by atoms with E-state index in [2.05, 4.69) is 0 Å². The zero-order valence-corrected chi connectivity index (χ0v) is 5.63. The molecule has 1 rings (SSSR count). The minimum absolute atomic E-state index is 0.0612. The molecule has 0 aliphatic carbocycles. The summed E-state index contributed by atoms with van der Waals surface area (Å²) in [6.45, 7) is 4.55. The second kappa shape index (κ2) is 3.82. The van der Waals surface area contributed by atoms with Gasteiger partial charge in [0.25, 0.3) is 0 Å². The lowest BCUT2D eigenvalue weighted by Gasteiger charge is -2.17. The van der Waals surface area contributed by atoms with Crippen LogP contribution in [0.5, 0.6) is 0 Å². The molecule has 0 bridgehead atoms. The van der Waals surface area contributed by atoms with E-state index in [1.165, 1.54) is 0 Å².